The zero-order valence-corrected chi connectivity index (χ0v) is 19.3. The van der Waals surface area contributed by atoms with Crippen molar-refractivity contribution >= 4 is 28.8 Å². The summed E-state index contributed by atoms with van der Waals surface area (Å²) in [6, 6.07) is 26.1. The van der Waals surface area contributed by atoms with Gasteiger partial charge >= 0.3 is 5.97 Å². The molecule has 0 aromatic heterocycles. The predicted molar refractivity (Wildman–Crippen MR) is 132 cm³/mol. The molecule has 0 aliphatic carbocycles. The summed E-state index contributed by atoms with van der Waals surface area (Å²) in [5.74, 6) is -1.66. The van der Waals surface area contributed by atoms with E-state index in [2.05, 4.69) is 5.32 Å². The number of benzene rings is 3. The van der Waals surface area contributed by atoms with Gasteiger partial charge in [-0.05, 0) is 28.7 Å². The molecule has 2 atom stereocenters. The van der Waals surface area contributed by atoms with Gasteiger partial charge < -0.3 is 10.4 Å². The van der Waals surface area contributed by atoms with Crippen molar-refractivity contribution in [1.29, 1.82) is 0 Å². The van der Waals surface area contributed by atoms with Gasteiger partial charge in [0.2, 0.25) is 5.91 Å². The van der Waals surface area contributed by atoms with Crippen molar-refractivity contribution in [3.63, 3.8) is 0 Å². The summed E-state index contributed by atoms with van der Waals surface area (Å²) in [6.07, 6.45) is 0.610. The van der Waals surface area contributed by atoms with E-state index < -0.39 is 17.9 Å². The average Bonchev–Trinajstić information content (AvgIpc) is 2.82. The number of carboxylic acid groups (broad SMARTS) is 1. The highest BCUT2D eigenvalue weighted by molar-refractivity contribution is 8.13. The van der Waals surface area contributed by atoms with E-state index in [1.165, 1.54) is 6.92 Å². The van der Waals surface area contributed by atoms with E-state index in [0.717, 1.165) is 34.0 Å². The Morgan fingerprint density at radius 2 is 1.33 bits per heavy atom. The van der Waals surface area contributed by atoms with Crippen molar-refractivity contribution in [3.8, 4) is 11.1 Å². The molecule has 5 nitrogen and oxygen atoms in total. The van der Waals surface area contributed by atoms with Crippen LogP contribution in [0.2, 0.25) is 0 Å². The number of thioether (sulfide) groups is 1. The number of hydrogen-bond donors (Lipinski definition) is 2. The van der Waals surface area contributed by atoms with Crippen LogP contribution in [0.15, 0.2) is 84.9 Å². The van der Waals surface area contributed by atoms with E-state index in [1.54, 1.807) is 0 Å². The van der Waals surface area contributed by atoms with E-state index in [9.17, 15) is 19.5 Å². The molecule has 1 unspecified atom stereocenters. The Morgan fingerprint density at radius 3 is 1.91 bits per heavy atom. The van der Waals surface area contributed by atoms with Crippen molar-refractivity contribution in [2.45, 2.75) is 25.8 Å². The van der Waals surface area contributed by atoms with Gasteiger partial charge in [-0.3, -0.25) is 9.59 Å². The molecule has 6 heteroatoms. The molecule has 0 heterocycles. The van der Waals surface area contributed by atoms with Gasteiger partial charge in [-0.15, -0.1) is 0 Å². The van der Waals surface area contributed by atoms with Gasteiger partial charge in [0.05, 0.1) is 5.92 Å². The number of rotatable bonds is 10. The highest BCUT2D eigenvalue weighted by Gasteiger charge is 2.26. The molecule has 3 aromatic carbocycles. The Bertz CT molecular complexity index is 1070. The predicted octanol–water partition coefficient (Wildman–Crippen LogP) is 4.60. The van der Waals surface area contributed by atoms with E-state index in [-0.39, 0.29) is 17.4 Å². The molecular weight excluding hydrogens is 434 g/mol. The minimum absolute atomic E-state index is 0.0749. The summed E-state index contributed by atoms with van der Waals surface area (Å²) in [4.78, 5) is 36.4. The molecule has 0 saturated carbocycles. The molecule has 0 aliphatic heterocycles. The fourth-order valence-electron chi connectivity index (χ4n) is 3.53. The van der Waals surface area contributed by atoms with Gasteiger partial charge in [0.25, 0.3) is 0 Å². The van der Waals surface area contributed by atoms with Crippen LogP contribution in [-0.2, 0) is 27.2 Å². The van der Waals surface area contributed by atoms with Crippen LogP contribution in [0.3, 0.4) is 0 Å². The van der Waals surface area contributed by atoms with E-state index >= 15 is 0 Å². The van der Waals surface area contributed by atoms with E-state index in [1.807, 2.05) is 84.9 Å². The molecule has 2 N–H and O–H groups in total. The maximum Gasteiger partial charge on any atom is 0.326 e. The smallest absolute Gasteiger partial charge is 0.326 e. The highest BCUT2D eigenvalue weighted by Crippen LogP contribution is 2.20. The largest absolute Gasteiger partial charge is 0.480 e. The third-order valence-corrected chi connectivity index (χ3v) is 6.27. The Balaban J connectivity index is 1.69. The maximum absolute atomic E-state index is 13.0. The molecule has 0 spiro atoms. The number of carbonyl (C=O) groups is 3. The van der Waals surface area contributed by atoms with E-state index in [4.69, 9.17) is 0 Å². The number of carboxylic acids is 1. The van der Waals surface area contributed by atoms with Crippen LogP contribution < -0.4 is 5.32 Å². The van der Waals surface area contributed by atoms with Crippen molar-refractivity contribution in [2.75, 3.05) is 5.75 Å². The lowest BCUT2D eigenvalue weighted by atomic mass is 9.98. The van der Waals surface area contributed by atoms with Gasteiger partial charge in [0.1, 0.15) is 6.04 Å². The lowest BCUT2D eigenvalue weighted by molar-refractivity contribution is -0.142. The second kappa shape index (κ2) is 12.0. The van der Waals surface area contributed by atoms with Gasteiger partial charge in [0.15, 0.2) is 5.12 Å². The van der Waals surface area contributed by atoms with Crippen molar-refractivity contribution < 1.29 is 19.5 Å². The van der Waals surface area contributed by atoms with Crippen molar-refractivity contribution in [3.05, 3.63) is 96.1 Å². The Kier molecular flexibility index (Phi) is 8.84. The van der Waals surface area contributed by atoms with Crippen LogP contribution in [0, 0.1) is 5.92 Å². The topological polar surface area (TPSA) is 83.5 Å². The van der Waals surface area contributed by atoms with Gasteiger partial charge in [-0.1, -0.05) is 96.7 Å². The Labute approximate surface area is 198 Å². The lowest BCUT2D eigenvalue weighted by Crippen LogP contribution is -2.46. The number of carbonyl (C=O) groups excluding carboxylic acids is 2. The fourth-order valence-corrected chi connectivity index (χ4v) is 4.24. The minimum atomic E-state index is -1.09. The molecule has 0 bridgehead atoms. The molecule has 3 aromatic rings. The molecule has 3 rings (SSSR count). The standard InChI is InChI=1S/C27H27NO4S/c1-19(29)33-18-24(16-20-8-4-2-5-9-20)26(30)28-25(27(31)32)17-21-12-14-23(15-13-21)22-10-6-3-7-11-22/h2-15,24-25H,16-18H2,1H3,(H,28,30)(H,31,32)/t24?,25-/m0/s1. The molecule has 33 heavy (non-hydrogen) atoms. The number of amides is 1. The third kappa shape index (κ3) is 7.61. The number of aliphatic carboxylic acids is 1. The van der Waals surface area contributed by atoms with E-state index in [0.29, 0.717) is 12.2 Å². The number of nitrogens with one attached hydrogen (secondary N) is 1. The zero-order chi connectivity index (χ0) is 23.6. The fraction of sp³-hybridized carbons (Fsp3) is 0.222. The minimum Gasteiger partial charge on any atom is -0.480 e. The molecule has 0 aliphatic rings. The number of hydrogen-bond acceptors (Lipinski definition) is 4. The first-order valence-corrected chi connectivity index (χ1v) is 11.8. The first-order valence-electron chi connectivity index (χ1n) is 10.8. The summed E-state index contributed by atoms with van der Waals surface area (Å²) in [6.45, 7) is 1.46. The second-order valence-electron chi connectivity index (χ2n) is 7.86. The Morgan fingerprint density at radius 1 is 0.788 bits per heavy atom. The van der Waals surface area contributed by atoms with Gasteiger partial charge in [0, 0.05) is 19.1 Å². The zero-order valence-electron chi connectivity index (χ0n) is 18.4. The summed E-state index contributed by atoms with van der Waals surface area (Å²) < 4.78 is 0. The third-order valence-electron chi connectivity index (χ3n) is 5.30. The molecule has 170 valence electrons. The summed E-state index contributed by atoms with van der Waals surface area (Å²) >= 11 is 1.08. The molecule has 0 saturated heterocycles. The quantitative estimate of drug-likeness (QED) is 0.461. The van der Waals surface area contributed by atoms with Crippen molar-refractivity contribution in [2.24, 2.45) is 5.92 Å². The lowest BCUT2D eigenvalue weighted by Gasteiger charge is -2.20. The van der Waals surface area contributed by atoms with Crippen LogP contribution >= 0.6 is 11.8 Å². The molecule has 0 radical (unpaired) electrons. The van der Waals surface area contributed by atoms with Crippen LogP contribution in [0.4, 0.5) is 0 Å². The van der Waals surface area contributed by atoms with Crippen LogP contribution in [0.1, 0.15) is 18.1 Å². The monoisotopic (exact) mass is 461 g/mol. The summed E-state index contributed by atoms with van der Waals surface area (Å²) in [5, 5.41) is 12.3. The van der Waals surface area contributed by atoms with Gasteiger partial charge in [-0.25, -0.2) is 4.79 Å². The normalized spacial score (nSPS) is 12.5. The molecule has 1 amide bonds. The first-order chi connectivity index (χ1) is 15.9. The SMILES string of the molecule is CC(=O)SCC(Cc1ccccc1)C(=O)N[C@@H](Cc1ccc(-c2ccccc2)cc1)C(=O)O. The summed E-state index contributed by atoms with van der Waals surface area (Å²) in [7, 11) is 0. The average molecular weight is 462 g/mol. The van der Waals surface area contributed by atoms with Crippen LogP contribution in [-0.4, -0.2) is 33.9 Å². The van der Waals surface area contributed by atoms with Crippen LogP contribution in [0.5, 0.6) is 0 Å². The highest BCUT2D eigenvalue weighted by atomic mass is 32.2. The first kappa shape index (κ1) is 24.3. The summed E-state index contributed by atoms with van der Waals surface area (Å²) in [5.41, 5.74) is 3.91. The Hall–Kier alpha value is -3.38. The second-order valence-corrected chi connectivity index (χ2v) is 9.05. The molecule has 0 fully saturated rings. The maximum atomic E-state index is 13.0. The molecular formula is C27H27NO4S. The van der Waals surface area contributed by atoms with Crippen LogP contribution in [0.25, 0.3) is 11.1 Å². The van der Waals surface area contributed by atoms with Gasteiger partial charge in [-0.2, -0.15) is 0 Å². The van der Waals surface area contributed by atoms with Crippen molar-refractivity contribution in [1.82, 2.24) is 5.32 Å².